The summed E-state index contributed by atoms with van der Waals surface area (Å²) in [6.45, 7) is 4.03. The average molecular weight is 486 g/mol. The van der Waals surface area contributed by atoms with Gasteiger partial charge in [-0.05, 0) is 50.5 Å². The molecule has 10 nitrogen and oxygen atoms in total. The number of ether oxygens (including phenoxy) is 1. The van der Waals surface area contributed by atoms with Gasteiger partial charge in [-0.25, -0.2) is 14.8 Å². The predicted molar refractivity (Wildman–Crippen MR) is 133 cm³/mol. The lowest BCUT2D eigenvalue weighted by atomic mass is 9.99. The van der Waals surface area contributed by atoms with Crippen molar-refractivity contribution in [2.75, 3.05) is 5.32 Å². The minimum atomic E-state index is -0.270. The maximum Gasteiger partial charge on any atom is 0.331 e. The molecule has 1 atom stereocenters. The second-order valence-corrected chi connectivity index (χ2v) is 9.60. The fraction of sp³-hybridized carbons (Fsp3) is 0.346. The summed E-state index contributed by atoms with van der Waals surface area (Å²) in [5.41, 5.74) is 3.63. The molecule has 10 heteroatoms. The largest absolute Gasteiger partial charge is 0.439 e. The molecule has 1 aromatic carbocycles. The second kappa shape index (κ2) is 8.47. The molecular formula is C26H27N7O3. The number of rotatable bonds is 4. The van der Waals surface area contributed by atoms with E-state index in [1.807, 2.05) is 49.0 Å². The van der Waals surface area contributed by atoms with Crippen molar-refractivity contribution in [3.05, 3.63) is 59.8 Å². The van der Waals surface area contributed by atoms with Gasteiger partial charge < -0.3 is 9.64 Å². The first-order chi connectivity index (χ1) is 17.4. The highest BCUT2D eigenvalue weighted by Crippen LogP contribution is 2.40. The number of aryl methyl sites for hydroxylation is 1. The smallest absolute Gasteiger partial charge is 0.331 e. The lowest BCUT2D eigenvalue weighted by Crippen LogP contribution is -2.41. The summed E-state index contributed by atoms with van der Waals surface area (Å²) in [6.07, 6.45) is 6.17. The standard InChI is InChI=1S/C26H27N7O3/c1-15-10-20-21(13-33(15)16(2)34)27-14-28-25(20)36-19-6-7-22-18(11-19)8-9-32(22)26(35)29-24-12-23(17-4-5-17)31(3)30-24/h6-9,11-12,14-15,17H,4-5,10,13H2,1-3H3,(H,29,30,35). The lowest BCUT2D eigenvalue weighted by Gasteiger charge is -2.33. The molecule has 36 heavy (non-hydrogen) atoms. The van der Waals surface area contributed by atoms with E-state index in [1.54, 1.807) is 22.6 Å². The van der Waals surface area contributed by atoms with Crippen LogP contribution in [0.2, 0.25) is 0 Å². The molecule has 3 aromatic heterocycles. The SMILES string of the molecule is CC(=O)N1Cc2ncnc(Oc3ccc4c(ccn4C(=O)Nc4cc(C5CC5)n(C)n4)c3)c2CC1C. The summed E-state index contributed by atoms with van der Waals surface area (Å²) in [4.78, 5) is 35.4. The van der Waals surface area contributed by atoms with E-state index < -0.39 is 0 Å². The highest BCUT2D eigenvalue weighted by Gasteiger charge is 2.29. The number of carbonyl (C=O) groups is 2. The molecule has 1 unspecified atom stereocenters. The van der Waals surface area contributed by atoms with Gasteiger partial charge in [-0.2, -0.15) is 5.10 Å². The topological polar surface area (TPSA) is 107 Å². The van der Waals surface area contributed by atoms with Crippen LogP contribution in [0.1, 0.15) is 49.6 Å². The van der Waals surface area contributed by atoms with Crippen LogP contribution in [0, 0.1) is 0 Å². The number of carbonyl (C=O) groups excluding carboxylic acids is 2. The Bertz CT molecular complexity index is 1500. The molecule has 4 aromatic rings. The number of nitrogens with one attached hydrogen (secondary N) is 1. The zero-order valence-corrected chi connectivity index (χ0v) is 20.4. The Morgan fingerprint density at radius 3 is 2.75 bits per heavy atom. The fourth-order valence-electron chi connectivity index (χ4n) is 4.95. The molecule has 0 bridgehead atoms. The van der Waals surface area contributed by atoms with E-state index >= 15 is 0 Å². The maximum absolute atomic E-state index is 13.0. The van der Waals surface area contributed by atoms with Gasteiger partial charge in [-0.1, -0.05) is 0 Å². The van der Waals surface area contributed by atoms with Crippen molar-refractivity contribution in [3.63, 3.8) is 0 Å². The molecule has 4 heterocycles. The third-order valence-corrected chi connectivity index (χ3v) is 6.99. The number of hydrogen-bond donors (Lipinski definition) is 1. The van der Waals surface area contributed by atoms with Crippen molar-refractivity contribution in [3.8, 4) is 11.6 Å². The van der Waals surface area contributed by atoms with Crippen LogP contribution in [0.4, 0.5) is 10.6 Å². The Kier molecular flexibility index (Phi) is 5.24. The summed E-state index contributed by atoms with van der Waals surface area (Å²) >= 11 is 0. The Labute approximate surface area is 207 Å². The first kappa shape index (κ1) is 22.3. The molecule has 1 aliphatic carbocycles. The first-order valence-electron chi connectivity index (χ1n) is 12.1. The third-order valence-electron chi connectivity index (χ3n) is 6.99. The van der Waals surface area contributed by atoms with Crippen molar-refractivity contribution in [1.29, 1.82) is 0 Å². The van der Waals surface area contributed by atoms with Gasteiger partial charge in [0.2, 0.25) is 11.8 Å². The average Bonchev–Trinajstić information content (AvgIpc) is 3.50. The molecule has 1 N–H and O–H groups in total. The summed E-state index contributed by atoms with van der Waals surface area (Å²) < 4.78 is 9.57. The number of anilines is 1. The van der Waals surface area contributed by atoms with Gasteiger partial charge >= 0.3 is 6.03 Å². The van der Waals surface area contributed by atoms with E-state index in [0.29, 0.717) is 36.3 Å². The van der Waals surface area contributed by atoms with Gasteiger partial charge in [0.05, 0.1) is 17.8 Å². The van der Waals surface area contributed by atoms with Crippen molar-refractivity contribution < 1.29 is 14.3 Å². The molecule has 0 radical (unpaired) electrons. The number of benzene rings is 1. The van der Waals surface area contributed by atoms with Gasteiger partial charge in [0.25, 0.3) is 0 Å². The Hall–Kier alpha value is -4.21. The molecule has 184 valence electrons. The van der Waals surface area contributed by atoms with Crippen LogP contribution in [-0.2, 0) is 24.8 Å². The summed E-state index contributed by atoms with van der Waals surface area (Å²) in [6, 6.07) is 9.15. The third kappa shape index (κ3) is 3.98. The molecular weight excluding hydrogens is 458 g/mol. The molecule has 0 spiro atoms. The molecule has 2 amide bonds. The molecule has 1 fully saturated rings. The van der Waals surface area contributed by atoms with E-state index in [4.69, 9.17) is 4.74 Å². The van der Waals surface area contributed by atoms with Crippen molar-refractivity contribution in [2.45, 2.75) is 51.6 Å². The second-order valence-electron chi connectivity index (χ2n) is 9.60. The van der Waals surface area contributed by atoms with Gasteiger partial charge in [0, 0.05) is 54.8 Å². The number of fused-ring (bicyclic) bond motifs is 2. The van der Waals surface area contributed by atoms with Gasteiger partial charge in [0.1, 0.15) is 12.1 Å². The Balaban J connectivity index is 1.22. The maximum atomic E-state index is 13.0. The van der Waals surface area contributed by atoms with E-state index in [-0.39, 0.29) is 18.0 Å². The predicted octanol–water partition coefficient (Wildman–Crippen LogP) is 4.21. The highest BCUT2D eigenvalue weighted by molar-refractivity contribution is 5.98. The van der Waals surface area contributed by atoms with Crippen LogP contribution in [0.15, 0.2) is 42.9 Å². The monoisotopic (exact) mass is 485 g/mol. The van der Waals surface area contributed by atoms with Crippen LogP contribution in [-0.4, -0.2) is 47.2 Å². The van der Waals surface area contributed by atoms with Crippen molar-refractivity contribution in [1.82, 2.24) is 29.2 Å². The van der Waals surface area contributed by atoms with E-state index in [1.165, 1.54) is 19.2 Å². The lowest BCUT2D eigenvalue weighted by molar-refractivity contribution is -0.132. The summed E-state index contributed by atoms with van der Waals surface area (Å²) in [7, 11) is 1.91. The molecule has 1 saturated carbocycles. The highest BCUT2D eigenvalue weighted by atomic mass is 16.5. The number of aromatic nitrogens is 5. The normalized spacial score (nSPS) is 17.2. The van der Waals surface area contributed by atoms with E-state index in [0.717, 1.165) is 27.9 Å². The zero-order valence-electron chi connectivity index (χ0n) is 20.4. The van der Waals surface area contributed by atoms with E-state index in [9.17, 15) is 9.59 Å². The van der Waals surface area contributed by atoms with Crippen LogP contribution >= 0.6 is 0 Å². The van der Waals surface area contributed by atoms with Gasteiger partial charge in [0.15, 0.2) is 5.82 Å². The molecule has 1 aliphatic heterocycles. The Morgan fingerprint density at radius 2 is 1.97 bits per heavy atom. The van der Waals surface area contributed by atoms with Gasteiger partial charge in [-0.3, -0.25) is 19.4 Å². The molecule has 2 aliphatic rings. The van der Waals surface area contributed by atoms with Crippen molar-refractivity contribution >= 4 is 28.7 Å². The van der Waals surface area contributed by atoms with Crippen LogP contribution in [0.3, 0.4) is 0 Å². The zero-order chi connectivity index (χ0) is 25.0. The minimum absolute atomic E-state index is 0.0274. The number of hydrogen-bond acceptors (Lipinski definition) is 6. The number of nitrogens with zero attached hydrogens (tertiary/aromatic N) is 6. The minimum Gasteiger partial charge on any atom is -0.439 e. The first-order valence-corrected chi connectivity index (χ1v) is 12.1. The van der Waals surface area contributed by atoms with Crippen LogP contribution < -0.4 is 10.1 Å². The Morgan fingerprint density at radius 1 is 1.14 bits per heavy atom. The summed E-state index contributed by atoms with van der Waals surface area (Å²) in [5.74, 6) is 2.24. The van der Waals surface area contributed by atoms with Gasteiger partial charge in [-0.15, -0.1) is 0 Å². The fourth-order valence-corrected chi connectivity index (χ4v) is 4.95. The van der Waals surface area contributed by atoms with Crippen molar-refractivity contribution in [2.24, 2.45) is 7.05 Å². The van der Waals surface area contributed by atoms with Crippen LogP contribution in [0.25, 0.3) is 10.9 Å². The molecule has 6 rings (SSSR count). The molecule has 0 saturated heterocycles. The van der Waals surface area contributed by atoms with Crippen LogP contribution in [0.5, 0.6) is 11.6 Å². The quantitative estimate of drug-likeness (QED) is 0.464. The summed E-state index contributed by atoms with van der Waals surface area (Å²) in [5, 5.41) is 8.20. The number of amides is 2. The van der Waals surface area contributed by atoms with E-state index in [2.05, 4.69) is 20.4 Å².